The molecule has 0 aliphatic rings. The number of benzene rings is 1. The highest BCUT2D eigenvalue weighted by atomic mass is 16.4. The van der Waals surface area contributed by atoms with E-state index in [1.807, 2.05) is 38.1 Å². The second kappa shape index (κ2) is 16.3. The van der Waals surface area contributed by atoms with Gasteiger partial charge in [0.1, 0.15) is 18.1 Å². The van der Waals surface area contributed by atoms with E-state index in [0.29, 0.717) is 25.8 Å². The molecule has 0 bridgehead atoms. The summed E-state index contributed by atoms with van der Waals surface area (Å²) in [6, 6.07) is 2.99. The molecule has 2 rings (SSSR count). The standard InChI is InChI=1S/C28H43N7O6/c1-16(2)13-23(28(40)41)35-26(38)21(10-11-24(31)36)33-27(39)22(34-25(37)19(30)8-5-6-12-29)14-17-15-32-20-9-4-3-7-18(17)20/h3-4,7,9,15-16,19,21-23,32H,5-6,8,10-14,29-30H2,1-2H3,(H2,31,36)(H,33,39)(H,34,37)(H,35,38)(H,40,41). The van der Waals surface area contributed by atoms with E-state index < -0.39 is 53.8 Å². The number of carboxylic acids is 1. The number of fused-ring (bicyclic) bond motifs is 1. The molecule has 13 heteroatoms. The first-order chi connectivity index (χ1) is 19.4. The first-order valence-corrected chi connectivity index (χ1v) is 13.9. The van der Waals surface area contributed by atoms with Crippen molar-refractivity contribution < 1.29 is 29.1 Å². The Morgan fingerprint density at radius 1 is 0.902 bits per heavy atom. The lowest BCUT2D eigenvalue weighted by molar-refractivity contribution is -0.143. The first kappa shape index (κ1) is 33.2. The van der Waals surface area contributed by atoms with Crippen LogP contribution in [0.1, 0.15) is 57.9 Å². The van der Waals surface area contributed by atoms with Gasteiger partial charge in [-0.1, -0.05) is 38.5 Å². The number of primary amides is 1. The van der Waals surface area contributed by atoms with Crippen molar-refractivity contribution in [3.63, 3.8) is 0 Å². The Labute approximate surface area is 239 Å². The van der Waals surface area contributed by atoms with Crippen molar-refractivity contribution in [2.75, 3.05) is 6.54 Å². The molecule has 226 valence electrons. The number of amides is 4. The molecule has 0 spiro atoms. The van der Waals surface area contributed by atoms with Gasteiger partial charge >= 0.3 is 5.97 Å². The lowest BCUT2D eigenvalue weighted by Crippen LogP contribution is -2.57. The zero-order valence-electron chi connectivity index (χ0n) is 23.7. The number of H-pyrrole nitrogens is 1. The molecule has 0 aliphatic carbocycles. The number of carboxylic acid groups (broad SMARTS) is 1. The SMILES string of the molecule is CC(C)CC(NC(=O)C(CCC(N)=O)NC(=O)C(Cc1c[nH]c2ccccc12)NC(=O)C(N)CCCCN)C(=O)O. The summed E-state index contributed by atoms with van der Waals surface area (Å²) in [6.45, 7) is 4.09. The van der Waals surface area contributed by atoms with Gasteiger partial charge in [0.25, 0.3) is 0 Å². The molecule has 1 heterocycles. The fraction of sp³-hybridized carbons (Fsp3) is 0.536. The molecule has 13 nitrogen and oxygen atoms in total. The lowest BCUT2D eigenvalue weighted by atomic mass is 10.0. The fourth-order valence-electron chi connectivity index (χ4n) is 4.44. The molecule has 4 unspecified atom stereocenters. The van der Waals surface area contributed by atoms with E-state index in [9.17, 15) is 29.1 Å². The number of carbonyl (C=O) groups is 5. The number of para-hydroxylation sites is 1. The molecule has 0 radical (unpaired) electrons. The van der Waals surface area contributed by atoms with Crippen LogP contribution in [0.3, 0.4) is 0 Å². The van der Waals surface area contributed by atoms with Crippen LogP contribution in [0.15, 0.2) is 30.5 Å². The number of aromatic nitrogens is 1. The van der Waals surface area contributed by atoms with Crippen LogP contribution < -0.4 is 33.2 Å². The Morgan fingerprint density at radius 3 is 2.17 bits per heavy atom. The molecule has 0 fully saturated rings. The third kappa shape index (κ3) is 10.8. The van der Waals surface area contributed by atoms with Crippen molar-refractivity contribution in [2.45, 2.75) is 83.0 Å². The number of aliphatic carboxylic acids is 1. The highest BCUT2D eigenvalue weighted by molar-refractivity contribution is 5.95. The summed E-state index contributed by atoms with van der Waals surface area (Å²) in [4.78, 5) is 66.0. The van der Waals surface area contributed by atoms with E-state index in [1.54, 1.807) is 6.20 Å². The molecular formula is C28H43N7O6. The van der Waals surface area contributed by atoms with E-state index in [0.717, 1.165) is 16.5 Å². The maximum Gasteiger partial charge on any atom is 0.326 e. The predicted octanol–water partition coefficient (Wildman–Crippen LogP) is 0.0173. The van der Waals surface area contributed by atoms with E-state index in [4.69, 9.17) is 17.2 Å². The van der Waals surface area contributed by atoms with Crippen LogP contribution in [0.25, 0.3) is 10.9 Å². The summed E-state index contributed by atoms with van der Waals surface area (Å²) >= 11 is 0. The van der Waals surface area contributed by atoms with Crippen LogP contribution in [0.4, 0.5) is 0 Å². The van der Waals surface area contributed by atoms with Crippen molar-refractivity contribution >= 4 is 40.5 Å². The normalized spacial score (nSPS) is 14.2. The minimum atomic E-state index is -1.27. The van der Waals surface area contributed by atoms with Crippen LogP contribution in [-0.4, -0.2) is 70.4 Å². The summed E-state index contributed by atoms with van der Waals surface area (Å²) < 4.78 is 0. The second-order valence-corrected chi connectivity index (χ2v) is 10.6. The van der Waals surface area contributed by atoms with E-state index in [2.05, 4.69) is 20.9 Å². The highest BCUT2D eigenvalue weighted by Crippen LogP contribution is 2.19. The van der Waals surface area contributed by atoms with Gasteiger partial charge in [-0.15, -0.1) is 0 Å². The van der Waals surface area contributed by atoms with Gasteiger partial charge in [0.15, 0.2) is 0 Å². The van der Waals surface area contributed by atoms with Gasteiger partial charge in [0.2, 0.25) is 23.6 Å². The van der Waals surface area contributed by atoms with Crippen LogP contribution >= 0.6 is 0 Å². The topological polar surface area (TPSA) is 236 Å². The summed E-state index contributed by atoms with van der Waals surface area (Å²) in [5, 5.41) is 18.1. The van der Waals surface area contributed by atoms with Gasteiger partial charge in [0.05, 0.1) is 6.04 Å². The number of aromatic amines is 1. The molecule has 0 saturated heterocycles. The minimum absolute atomic E-state index is 0.0279. The monoisotopic (exact) mass is 573 g/mol. The zero-order valence-corrected chi connectivity index (χ0v) is 23.7. The Morgan fingerprint density at radius 2 is 1.54 bits per heavy atom. The van der Waals surface area contributed by atoms with Gasteiger partial charge in [0, 0.05) is 29.9 Å². The average molecular weight is 574 g/mol. The van der Waals surface area contributed by atoms with E-state index >= 15 is 0 Å². The molecular weight excluding hydrogens is 530 g/mol. The number of hydrogen-bond acceptors (Lipinski definition) is 7. The molecule has 4 atom stereocenters. The molecule has 41 heavy (non-hydrogen) atoms. The van der Waals surface area contributed by atoms with Gasteiger partial charge < -0.3 is 43.2 Å². The van der Waals surface area contributed by atoms with Crippen molar-refractivity contribution in [3.8, 4) is 0 Å². The van der Waals surface area contributed by atoms with Crippen molar-refractivity contribution in [1.29, 1.82) is 0 Å². The molecule has 1 aromatic heterocycles. The number of hydrogen-bond donors (Lipinski definition) is 8. The van der Waals surface area contributed by atoms with Crippen LogP contribution in [-0.2, 0) is 30.4 Å². The van der Waals surface area contributed by atoms with E-state index in [-0.39, 0.29) is 31.6 Å². The minimum Gasteiger partial charge on any atom is -0.480 e. The van der Waals surface area contributed by atoms with Gasteiger partial charge in [-0.05, 0) is 49.8 Å². The maximum absolute atomic E-state index is 13.6. The summed E-state index contributed by atoms with van der Waals surface area (Å²) in [6.07, 6.45) is 3.30. The van der Waals surface area contributed by atoms with Crippen LogP contribution in [0.2, 0.25) is 0 Å². The third-order valence-electron chi connectivity index (χ3n) is 6.67. The number of nitrogens with two attached hydrogens (primary N) is 3. The Kier molecular flexibility index (Phi) is 13.2. The fourth-order valence-corrected chi connectivity index (χ4v) is 4.44. The highest BCUT2D eigenvalue weighted by Gasteiger charge is 2.31. The van der Waals surface area contributed by atoms with Gasteiger partial charge in [-0.3, -0.25) is 19.2 Å². The van der Waals surface area contributed by atoms with Gasteiger partial charge in [-0.25, -0.2) is 4.79 Å². The van der Waals surface area contributed by atoms with Crippen LogP contribution in [0, 0.1) is 5.92 Å². The van der Waals surface area contributed by atoms with Crippen molar-refractivity contribution in [1.82, 2.24) is 20.9 Å². The third-order valence-corrected chi connectivity index (χ3v) is 6.67. The molecule has 2 aromatic rings. The summed E-state index contributed by atoms with van der Waals surface area (Å²) in [5.41, 5.74) is 18.5. The molecule has 4 amide bonds. The lowest BCUT2D eigenvalue weighted by Gasteiger charge is -2.25. The molecule has 0 saturated carbocycles. The molecule has 11 N–H and O–H groups in total. The Balaban J connectivity index is 2.29. The maximum atomic E-state index is 13.6. The van der Waals surface area contributed by atoms with Gasteiger partial charge in [-0.2, -0.15) is 0 Å². The number of nitrogens with one attached hydrogen (secondary N) is 4. The molecule has 1 aromatic carbocycles. The van der Waals surface area contributed by atoms with Crippen LogP contribution in [0.5, 0.6) is 0 Å². The zero-order chi connectivity index (χ0) is 30.5. The second-order valence-electron chi connectivity index (χ2n) is 10.6. The quantitative estimate of drug-likeness (QED) is 0.113. The number of unbranched alkanes of at least 4 members (excludes halogenated alkanes) is 1. The van der Waals surface area contributed by atoms with E-state index in [1.165, 1.54) is 0 Å². The number of carbonyl (C=O) groups excluding carboxylic acids is 4. The van der Waals surface area contributed by atoms with Crippen molar-refractivity contribution in [2.24, 2.45) is 23.1 Å². The summed E-state index contributed by atoms with van der Waals surface area (Å²) in [5.74, 6) is -3.95. The first-order valence-electron chi connectivity index (χ1n) is 13.9. The Hall–Kier alpha value is -3.97. The smallest absolute Gasteiger partial charge is 0.326 e. The number of rotatable bonds is 18. The largest absolute Gasteiger partial charge is 0.480 e. The summed E-state index contributed by atoms with van der Waals surface area (Å²) in [7, 11) is 0. The Bertz CT molecular complexity index is 1200. The average Bonchev–Trinajstić information content (AvgIpc) is 3.32. The predicted molar refractivity (Wildman–Crippen MR) is 154 cm³/mol. The molecule has 0 aliphatic heterocycles. The van der Waals surface area contributed by atoms with Crippen molar-refractivity contribution in [3.05, 3.63) is 36.0 Å².